The number of alkyl halides is 3. The van der Waals surface area contributed by atoms with Gasteiger partial charge in [0.05, 0.1) is 11.4 Å². The number of sulfonamides is 1. The highest BCUT2D eigenvalue weighted by Crippen LogP contribution is 2.39. The summed E-state index contributed by atoms with van der Waals surface area (Å²) >= 11 is 0. The van der Waals surface area contributed by atoms with Gasteiger partial charge in [0, 0.05) is 5.56 Å². The molecular formula is C17H12F3N3O4S. The van der Waals surface area contributed by atoms with E-state index in [9.17, 15) is 21.6 Å². The molecule has 4 rings (SSSR count). The van der Waals surface area contributed by atoms with Gasteiger partial charge in [0.2, 0.25) is 16.8 Å². The first kappa shape index (κ1) is 18.3. The molecule has 0 amide bonds. The summed E-state index contributed by atoms with van der Waals surface area (Å²) < 4.78 is 75.1. The van der Waals surface area contributed by atoms with Gasteiger partial charge in [-0.3, -0.25) is 0 Å². The molecule has 0 atom stereocenters. The van der Waals surface area contributed by atoms with Crippen molar-refractivity contribution >= 4 is 10.0 Å². The number of fused-ring (bicyclic) bond motifs is 1. The monoisotopic (exact) mass is 411 g/mol. The smallest absolute Gasteiger partial charge is 0.435 e. The van der Waals surface area contributed by atoms with Crippen LogP contribution in [0.5, 0.6) is 11.5 Å². The van der Waals surface area contributed by atoms with Crippen molar-refractivity contribution in [2.45, 2.75) is 11.1 Å². The van der Waals surface area contributed by atoms with Gasteiger partial charge in [-0.15, -0.1) is 0 Å². The fourth-order valence-electron chi connectivity index (χ4n) is 2.84. The first-order valence-electron chi connectivity index (χ1n) is 7.84. The van der Waals surface area contributed by atoms with E-state index >= 15 is 0 Å². The molecule has 0 fully saturated rings. The van der Waals surface area contributed by atoms with Gasteiger partial charge >= 0.3 is 6.18 Å². The van der Waals surface area contributed by atoms with Crippen LogP contribution in [0.15, 0.2) is 53.4 Å². The summed E-state index contributed by atoms with van der Waals surface area (Å²) in [7, 11) is -4.20. The third-order valence-electron chi connectivity index (χ3n) is 4.07. The molecule has 1 aliphatic rings. The fourth-order valence-corrected chi connectivity index (χ4v) is 3.55. The minimum Gasteiger partial charge on any atom is -0.454 e. The molecule has 1 aliphatic heterocycles. The Balaban J connectivity index is 1.97. The Labute approximate surface area is 157 Å². The Morgan fingerprint density at radius 3 is 2.46 bits per heavy atom. The third kappa shape index (κ3) is 3.18. The van der Waals surface area contributed by atoms with Crippen LogP contribution in [0, 0.1) is 0 Å². The molecule has 7 nitrogen and oxygen atoms in total. The van der Waals surface area contributed by atoms with Crippen molar-refractivity contribution in [2.75, 3.05) is 6.79 Å². The van der Waals surface area contributed by atoms with E-state index in [-0.39, 0.29) is 23.1 Å². The summed E-state index contributed by atoms with van der Waals surface area (Å²) in [5, 5.41) is 8.82. The van der Waals surface area contributed by atoms with Crippen molar-refractivity contribution in [2.24, 2.45) is 5.14 Å². The number of ether oxygens (including phenoxy) is 2. The molecule has 146 valence electrons. The number of primary sulfonamides is 1. The molecule has 3 aromatic rings. The van der Waals surface area contributed by atoms with Crippen molar-refractivity contribution in [3.05, 3.63) is 54.2 Å². The maximum Gasteiger partial charge on any atom is 0.435 e. The van der Waals surface area contributed by atoms with Crippen molar-refractivity contribution in [3.8, 4) is 28.4 Å². The Morgan fingerprint density at radius 2 is 1.75 bits per heavy atom. The quantitative estimate of drug-likeness (QED) is 0.715. The number of halogens is 3. The lowest BCUT2D eigenvalue weighted by Crippen LogP contribution is -2.16. The zero-order valence-corrected chi connectivity index (χ0v) is 14.8. The van der Waals surface area contributed by atoms with Gasteiger partial charge in [0.25, 0.3) is 0 Å². The summed E-state index contributed by atoms with van der Waals surface area (Å²) in [6.45, 7) is 0.0000995. The van der Waals surface area contributed by atoms with Crippen LogP contribution in [0.1, 0.15) is 5.69 Å². The third-order valence-corrected chi connectivity index (χ3v) is 5.03. The maximum absolute atomic E-state index is 13.3. The highest BCUT2D eigenvalue weighted by Gasteiger charge is 2.36. The fraction of sp³-hybridized carbons (Fsp3) is 0.118. The Hall–Kier alpha value is -3.05. The standard InChI is InChI=1S/C17H12F3N3O4S/c18-17(19,20)16-8-12(10-5-6-13-14(7-10)27-9-26-13)23(22-16)11-3-1-2-4-15(11)28(21,24)25/h1-8H,9H2,(H2,21,24,25). The number of rotatable bonds is 3. The number of hydrogen-bond acceptors (Lipinski definition) is 5. The molecule has 2 N–H and O–H groups in total. The number of nitrogens with two attached hydrogens (primary N) is 1. The summed E-state index contributed by atoms with van der Waals surface area (Å²) in [5.74, 6) is 0.814. The van der Waals surface area contributed by atoms with Gasteiger partial charge in [-0.25, -0.2) is 18.2 Å². The number of nitrogens with zero attached hydrogens (tertiary/aromatic N) is 2. The molecule has 0 saturated carbocycles. The second kappa shape index (κ2) is 6.24. The SMILES string of the molecule is NS(=O)(=O)c1ccccc1-n1nc(C(F)(F)F)cc1-c1ccc2c(c1)OCO2. The van der Waals surface area contributed by atoms with Gasteiger partial charge in [-0.2, -0.15) is 18.3 Å². The van der Waals surface area contributed by atoms with E-state index in [1.54, 1.807) is 6.07 Å². The summed E-state index contributed by atoms with van der Waals surface area (Å²) in [5.41, 5.74) is -0.934. The molecule has 0 unspecified atom stereocenters. The van der Waals surface area contributed by atoms with Crippen molar-refractivity contribution < 1.29 is 31.1 Å². The minimum absolute atomic E-state index is 0.0000995. The molecule has 28 heavy (non-hydrogen) atoms. The Kier molecular flexibility index (Phi) is 4.08. The molecule has 0 saturated heterocycles. The largest absolute Gasteiger partial charge is 0.454 e. The molecule has 0 bridgehead atoms. The topological polar surface area (TPSA) is 96.4 Å². The number of aromatic nitrogens is 2. The Morgan fingerprint density at radius 1 is 1.04 bits per heavy atom. The van der Waals surface area contributed by atoms with Gasteiger partial charge < -0.3 is 9.47 Å². The van der Waals surface area contributed by atoms with Crippen LogP contribution in [-0.4, -0.2) is 25.0 Å². The van der Waals surface area contributed by atoms with E-state index < -0.39 is 21.9 Å². The molecule has 0 spiro atoms. The average molecular weight is 411 g/mol. The number of benzene rings is 2. The maximum atomic E-state index is 13.3. The zero-order chi connectivity index (χ0) is 20.1. The predicted molar refractivity (Wildman–Crippen MR) is 91.5 cm³/mol. The first-order chi connectivity index (χ1) is 13.1. The number of para-hydroxylation sites is 1. The van der Waals surface area contributed by atoms with Gasteiger partial charge in [-0.1, -0.05) is 12.1 Å². The lowest BCUT2D eigenvalue weighted by Gasteiger charge is -2.12. The lowest BCUT2D eigenvalue weighted by molar-refractivity contribution is -0.141. The second-order valence-electron chi connectivity index (χ2n) is 5.91. The van der Waals surface area contributed by atoms with Gasteiger partial charge in [0.1, 0.15) is 4.90 Å². The van der Waals surface area contributed by atoms with E-state index in [1.807, 2.05) is 0 Å². The number of hydrogen-bond donors (Lipinski definition) is 1. The molecule has 11 heteroatoms. The molecular weight excluding hydrogens is 399 g/mol. The van der Waals surface area contributed by atoms with Crippen LogP contribution in [0.25, 0.3) is 16.9 Å². The molecule has 2 heterocycles. The van der Waals surface area contributed by atoms with Crippen LogP contribution < -0.4 is 14.6 Å². The second-order valence-corrected chi connectivity index (χ2v) is 7.44. The van der Waals surface area contributed by atoms with Crippen LogP contribution in [0.4, 0.5) is 13.2 Å². The molecule has 0 aliphatic carbocycles. The van der Waals surface area contributed by atoms with Crippen molar-refractivity contribution in [1.29, 1.82) is 0 Å². The summed E-state index contributed by atoms with van der Waals surface area (Å²) in [6.07, 6.45) is -4.73. The highest BCUT2D eigenvalue weighted by molar-refractivity contribution is 7.89. The molecule has 2 aromatic carbocycles. The molecule has 1 aromatic heterocycles. The van der Waals surface area contributed by atoms with Crippen molar-refractivity contribution in [1.82, 2.24) is 9.78 Å². The summed E-state index contributed by atoms with van der Waals surface area (Å²) in [4.78, 5) is -0.353. The zero-order valence-electron chi connectivity index (χ0n) is 14.0. The first-order valence-corrected chi connectivity index (χ1v) is 9.39. The van der Waals surface area contributed by atoms with E-state index in [0.717, 1.165) is 10.7 Å². The minimum atomic E-state index is -4.73. The average Bonchev–Trinajstić information content (AvgIpc) is 3.27. The molecule has 0 radical (unpaired) electrons. The predicted octanol–water partition coefficient (Wildman–Crippen LogP) is 2.93. The van der Waals surface area contributed by atoms with Crippen LogP contribution in [-0.2, 0) is 16.2 Å². The van der Waals surface area contributed by atoms with E-state index in [1.165, 1.54) is 36.4 Å². The Bertz CT molecular complexity index is 1170. The van der Waals surface area contributed by atoms with Crippen LogP contribution in [0.2, 0.25) is 0 Å². The van der Waals surface area contributed by atoms with Crippen LogP contribution in [0.3, 0.4) is 0 Å². The van der Waals surface area contributed by atoms with Gasteiger partial charge in [0.15, 0.2) is 17.2 Å². The summed E-state index contributed by atoms with van der Waals surface area (Å²) in [6, 6.07) is 10.8. The normalized spacial score (nSPS) is 13.7. The van der Waals surface area contributed by atoms with E-state index in [2.05, 4.69) is 5.10 Å². The van der Waals surface area contributed by atoms with Crippen LogP contribution >= 0.6 is 0 Å². The lowest BCUT2D eigenvalue weighted by atomic mass is 10.1. The van der Waals surface area contributed by atoms with Crippen molar-refractivity contribution in [3.63, 3.8) is 0 Å². The van der Waals surface area contributed by atoms with E-state index in [0.29, 0.717) is 17.1 Å². The van der Waals surface area contributed by atoms with E-state index in [4.69, 9.17) is 14.6 Å². The van der Waals surface area contributed by atoms with Gasteiger partial charge in [-0.05, 0) is 36.4 Å². The highest BCUT2D eigenvalue weighted by atomic mass is 32.2.